The normalized spacial score (nSPS) is 16.6. The fourth-order valence-corrected chi connectivity index (χ4v) is 3.70. The first-order chi connectivity index (χ1) is 10.9. The molecule has 0 aliphatic heterocycles. The molecule has 126 valence electrons. The van der Waals surface area contributed by atoms with Gasteiger partial charge in [-0.2, -0.15) is 0 Å². The van der Waals surface area contributed by atoms with Crippen LogP contribution in [0.3, 0.4) is 0 Å². The van der Waals surface area contributed by atoms with Crippen molar-refractivity contribution in [1.82, 2.24) is 14.6 Å². The van der Waals surface area contributed by atoms with Gasteiger partial charge >= 0.3 is 0 Å². The number of fused-ring (bicyclic) bond motifs is 1. The third kappa shape index (κ3) is 4.14. The number of hydrogen-bond donors (Lipinski definition) is 1. The maximum Gasteiger partial charge on any atom is 0.242 e. The van der Waals surface area contributed by atoms with E-state index >= 15 is 0 Å². The molecule has 7 nitrogen and oxygen atoms in total. The molecule has 0 radical (unpaired) electrons. The van der Waals surface area contributed by atoms with Crippen molar-refractivity contribution < 1.29 is 13.2 Å². The van der Waals surface area contributed by atoms with Crippen molar-refractivity contribution in [2.45, 2.75) is 32.1 Å². The zero-order chi connectivity index (χ0) is 16.4. The maximum absolute atomic E-state index is 11.3. The van der Waals surface area contributed by atoms with Crippen molar-refractivity contribution in [2.24, 2.45) is 5.92 Å². The van der Waals surface area contributed by atoms with Crippen molar-refractivity contribution in [3.8, 4) is 5.75 Å². The number of sulfonamides is 1. The highest BCUT2D eigenvalue weighted by atomic mass is 79.9. The number of halogens is 1. The van der Waals surface area contributed by atoms with Crippen LogP contribution in [0.25, 0.3) is 5.65 Å². The number of pyridine rings is 1. The number of nitrogens with zero attached hydrogens (tertiary/aromatic N) is 3. The first-order valence-electron chi connectivity index (χ1n) is 7.57. The number of anilines is 1. The van der Waals surface area contributed by atoms with Crippen LogP contribution in [0.2, 0.25) is 0 Å². The third-order valence-corrected chi connectivity index (χ3v) is 5.09. The molecule has 9 heteroatoms. The average Bonchev–Trinajstić information content (AvgIpc) is 2.86. The molecule has 0 saturated heterocycles. The van der Waals surface area contributed by atoms with Gasteiger partial charge in [0.2, 0.25) is 16.0 Å². The van der Waals surface area contributed by atoms with Gasteiger partial charge in [-0.15, -0.1) is 10.2 Å². The predicted molar refractivity (Wildman–Crippen MR) is 91.2 cm³/mol. The summed E-state index contributed by atoms with van der Waals surface area (Å²) < 4.78 is 33.3. The summed E-state index contributed by atoms with van der Waals surface area (Å²) in [5.74, 6) is 1.45. The maximum atomic E-state index is 11.3. The SMILES string of the molecule is CS(=O)(=O)Nc1nnc2cc(OCC3CCCCC3)c(Br)cn12. The van der Waals surface area contributed by atoms with Crippen molar-refractivity contribution in [3.63, 3.8) is 0 Å². The van der Waals surface area contributed by atoms with Crippen LogP contribution >= 0.6 is 15.9 Å². The summed E-state index contributed by atoms with van der Waals surface area (Å²) >= 11 is 3.46. The Morgan fingerprint density at radius 1 is 1.35 bits per heavy atom. The lowest BCUT2D eigenvalue weighted by atomic mass is 9.90. The second-order valence-electron chi connectivity index (χ2n) is 5.93. The second-order valence-corrected chi connectivity index (χ2v) is 8.53. The van der Waals surface area contributed by atoms with Crippen LogP contribution in [0.4, 0.5) is 5.95 Å². The Kier molecular flexibility index (Phi) is 4.77. The van der Waals surface area contributed by atoms with E-state index in [1.165, 1.54) is 32.1 Å². The quantitative estimate of drug-likeness (QED) is 0.830. The monoisotopic (exact) mass is 402 g/mol. The zero-order valence-corrected chi connectivity index (χ0v) is 15.2. The fraction of sp³-hybridized carbons (Fsp3) is 0.571. The van der Waals surface area contributed by atoms with E-state index in [4.69, 9.17) is 4.74 Å². The van der Waals surface area contributed by atoms with E-state index in [9.17, 15) is 8.42 Å². The molecule has 0 unspecified atom stereocenters. The van der Waals surface area contributed by atoms with Crippen LogP contribution in [0.1, 0.15) is 32.1 Å². The molecule has 1 N–H and O–H groups in total. The molecule has 1 saturated carbocycles. The smallest absolute Gasteiger partial charge is 0.242 e. The molecule has 2 aromatic rings. The van der Waals surface area contributed by atoms with Crippen molar-refractivity contribution in [2.75, 3.05) is 17.6 Å². The Labute approximate surface area is 143 Å². The van der Waals surface area contributed by atoms with Gasteiger partial charge in [0.25, 0.3) is 0 Å². The highest BCUT2D eigenvalue weighted by molar-refractivity contribution is 9.10. The number of nitrogens with one attached hydrogen (secondary N) is 1. The molecule has 0 bridgehead atoms. The average molecular weight is 403 g/mol. The van der Waals surface area contributed by atoms with Gasteiger partial charge in [-0.1, -0.05) is 19.3 Å². The Hall–Kier alpha value is -1.35. The van der Waals surface area contributed by atoms with Gasteiger partial charge in [-0.25, -0.2) is 8.42 Å². The van der Waals surface area contributed by atoms with Gasteiger partial charge < -0.3 is 4.74 Å². The van der Waals surface area contributed by atoms with E-state index in [2.05, 4.69) is 30.8 Å². The van der Waals surface area contributed by atoms with Gasteiger partial charge in [0.05, 0.1) is 17.3 Å². The van der Waals surface area contributed by atoms with E-state index in [0.29, 0.717) is 23.9 Å². The van der Waals surface area contributed by atoms with Gasteiger partial charge in [-0.05, 0) is 34.7 Å². The lowest BCUT2D eigenvalue weighted by Gasteiger charge is -2.22. The van der Waals surface area contributed by atoms with E-state index in [-0.39, 0.29) is 5.95 Å². The minimum Gasteiger partial charge on any atom is -0.492 e. The number of ether oxygens (including phenoxy) is 1. The molecule has 1 aliphatic rings. The molecule has 3 rings (SSSR count). The summed E-state index contributed by atoms with van der Waals surface area (Å²) in [5, 5.41) is 7.84. The van der Waals surface area contributed by atoms with Crippen molar-refractivity contribution in [3.05, 3.63) is 16.7 Å². The van der Waals surface area contributed by atoms with E-state index in [0.717, 1.165) is 10.7 Å². The highest BCUT2D eigenvalue weighted by Gasteiger charge is 2.16. The van der Waals surface area contributed by atoms with E-state index < -0.39 is 10.0 Å². The third-order valence-electron chi connectivity index (χ3n) is 3.94. The van der Waals surface area contributed by atoms with Gasteiger partial charge in [0.1, 0.15) is 5.75 Å². The van der Waals surface area contributed by atoms with Crippen LogP contribution in [-0.4, -0.2) is 35.9 Å². The summed E-state index contributed by atoms with van der Waals surface area (Å²) in [5.41, 5.74) is 0.526. The fourth-order valence-electron chi connectivity index (χ4n) is 2.80. The zero-order valence-electron chi connectivity index (χ0n) is 12.8. The van der Waals surface area contributed by atoms with Crippen LogP contribution in [0, 0.1) is 5.92 Å². The number of rotatable bonds is 5. The molecule has 0 aromatic carbocycles. The molecule has 0 spiro atoms. The molecule has 23 heavy (non-hydrogen) atoms. The second kappa shape index (κ2) is 6.64. The number of hydrogen-bond acceptors (Lipinski definition) is 5. The molecule has 1 aliphatic carbocycles. The molecule has 0 amide bonds. The van der Waals surface area contributed by atoms with Crippen LogP contribution in [-0.2, 0) is 10.0 Å². The molecular weight excluding hydrogens is 384 g/mol. The molecule has 0 atom stereocenters. The lowest BCUT2D eigenvalue weighted by Crippen LogP contribution is -2.15. The molecular formula is C14H19BrN4O3S. The Balaban J connectivity index is 1.78. The van der Waals surface area contributed by atoms with E-state index in [1.807, 2.05) is 0 Å². The van der Waals surface area contributed by atoms with Gasteiger partial charge in [0.15, 0.2) is 5.65 Å². The lowest BCUT2D eigenvalue weighted by molar-refractivity contribution is 0.208. The number of aromatic nitrogens is 3. The molecule has 1 fully saturated rings. The minimum atomic E-state index is -3.41. The van der Waals surface area contributed by atoms with Crippen LogP contribution in [0.15, 0.2) is 16.7 Å². The summed E-state index contributed by atoms with van der Waals surface area (Å²) in [6, 6.07) is 1.76. The van der Waals surface area contributed by atoms with Gasteiger partial charge in [-0.3, -0.25) is 9.12 Å². The van der Waals surface area contributed by atoms with Crippen molar-refractivity contribution >= 4 is 37.5 Å². The first-order valence-corrected chi connectivity index (χ1v) is 10.3. The summed E-state index contributed by atoms with van der Waals surface area (Å²) in [6.07, 6.45) is 9.09. The largest absolute Gasteiger partial charge is 0.492 e. The molecule has 2 aromatic heterocycles. The van der Waals surface area contributed by atoms with Gasteiger partial charge in [0, 0.05) is 12.3 Å². The van der Waals surface area contributed by atoms with Crippen LogP contribution < -0.4 is 9.46 Å². The van der Waals surface area contributed by atoms with Crippen LogP contribution in [0.5, 0.6) is 5.75 Å². The standard InChI is InChI=1S/C14H19BrN4O3S/c1-23(20,21)18-14-17-16-13-7-12(11(15)8-19(13)14)22-9-10-5-3-2-4-6-10/h7-8,10H,2-6,9H2,1H3,(H,17,18). The Bertz CT molecular complexity index is 800. The van der Waals surface area contributed by atoms with E-state index in [1.54, 1.807) is 16.7 Å². The minimum absolute atomic E-state index is 0.155. The first kappa shape index (κ1) is 16.5. The topological polar surface area (TPSA) is 85.6 Å². The summed E-state index contributed by atoms with van der Waals surface area (Å²) in [4.78, 5) is 0. The Morgan fingerprint density at radius 2 is 2.09 bits per heavy atom. The Morgan fingerprint density at radius 3 is 2.78 bits per heavy atom. The van der Waals surface area contributed by atoms with Crippen molar-refractivity contribution in [1.29, 1.82) is 0 Å². The summed E-state index contributed by atoms with van der Waals surface area (Å²) in [7, 11) is -3.41. The summed E-state index contributed by atoms with van der Waals surface area (Å²) in [6.45, 7) is 0.692. The predicted octanol–water partition coefficient (Wildman–Crippen LogP) is 2.82. The molecule has 2 heterocycles. The highest BCUT2D eigenvalue weighted by Crippen LogP contribution is 2.30.